The van der Waals surface area contributed by atoms with Gasteiger partial charge in [-0.25, -0.2) is 4.98 Å². The SMILES string of the molecule is O=C(c1cccc(C(F)(F)F)c1)N1CCC(Oc2ncccc2C(=O)N2CCCCC2)C1. The summed E-state index contributed by atoms with van der Waals surface area (Å²) >= 11 is 0. The zero-order chi connectivity index (χ0) is 22.7. The van der Waals surface area contributed by atoms with Gasteiger partial charge in [0.2, 0.25) is 5.88 Å². The van der Waals surface area contributed by atoms with Crippen LogP contribution in [0.3, 0.4) is 0 Å². The number of piperidine rings is 1. The van der Waals surface area contributed by atoms with Crippen LogP contribution in [0.4, 0.5) is 13.2 Å². The van der Waals surface area contributed by atoms with Crippen molar-refractivity contribution in [2.45, 2.75) is 38.0 Å². The molecule has 1 atom stereocenters. The average molecular weight is 447 g/mol. The number of likely N-dealkylation sites (tertiary alicyclic amines) is 2. The van der Waals surface area contributed by atoms with Crippen molar-refractivity contribution in [3.05, 3.63) is 59.3 Å². The summed E-state index contributed by atoms with van der Waals surface area (Å²) in [7, 11) is 0. The Morgan fingerprint density at radius 1 is 0.969 bits per heavy atom. The number of pyridine rings is 1. The quantitative estimate of drug-likeness (QED) is 0.710. The van der Waals surface area contributed by atoms with E-state index >= 15 is 0 Å². The fraction of sp³-hybridized carbons (Fsp3) is 0.435. The van der Waals surface area contributed by atoms with Crippen molar-refractivity contribution in [3.63, 3.8) is 0 Å². The lowest BCUT2D eigenvalue weighted by Crippen LogP contribution is -2.36. The molecule has 170 valence electrons. The minimum Gasteiger partial charge on any atom is -0.472 e. The Morgan fingerprint density at radius 3 is 2.50 bits per heavy atom. The number of hydrogen-bond acceptors (Lipinski definition) is 4. The highest BCUT2D eigenvalue weighted by Crippen LogP contribution is 2.30. The molecule has 3 heterocycles. The van der Waals surface area contributed by atoms with Crippen LogP contribution in [0.2, 0.25) is 0 Å². The number of ether oxygens (including phenoxy) is 1. The largest absolute Gasteiger partial charge is 0.472 e. The summed E-state index contributed by atoms with van der Waals surface area (Å²) in [6, 6.07) is 7.77. The molecule has 32 heavy (non-hydrogen) atoms. The minimum absolute atomic E-state index is 0.0146. The van der Waals surface area contributed by atoms with E-state index in [9.17, 15) is 22.8 Å². The van der Waals surface area contributed by atoms with Gasteiger partial charge in [0.1, 0.15) is 11.7 Å². The molecule has 1 unspecified atom stereocenters. The molecule has 1 aromatic carbocycles. The van der Waals surface area contributed by atoms with Crippen LogP contribution in [0.1, 0.15) is 52.0 Å². The van der Waals surface area contributed by atoms with Crippen LogP contribution in [0.15, 0.2) is 42.6 Å². The van der Waals surface area contributed by atoms with Crippen molar-refractivity contribution >= 4 is 11.8 Å². The van der Waals surface area contributed by atoms with E-state index in [-0.39, 0.29) is 23.9 Å². The average Bonchev–Trinajstić information content (AvgIpc) is 3.27. The van der Waals surface area contributed by atoms with Gasteiger partial charge in [-0.1, -0.05) is 6.07 Å². The van der Waals surface area contributed by atoms with Gasteiger partial charge in [0.25, 0.3) is 11.8 Å². The summed E-state index contributed by atoms with van der Waals surface area (Å²) in [5.41, 5.74) is -0.485. The zero-order valence-electron chi connectivity index (χ0n) is 17.5. The Hall–Kier alpha value is -3.10. The van der Waals surface area contributed by atoms with E-state index in [1.165, 1.54) is 17.0 Å². The Labute approximate surface area is 184 Å². The van der Waals surface area contributed by atoms with Gasteiger partial charge in [-0.15, -0.1) is 0 Å². The predicted octanol–water partition coefficient (Wildman–Crippen LogP) is 4.02. The number of benzene rings is 1. The summed E-state index contributed by atoms with van der Waals surface area (Å²) in [6.45, 7) is 1.97. The molecule has 0 N–H and O–H groups in total. The molecule has 0 saturated carbocycles. The summed E-state index contributed by atoms with van der Waals surface area (Å²) in [6.07, 6.45) is 0.185. The highest BCUT2D eigenvalue weighted by Gasteiger charge is 2.33. The van der Waals surface area contributed by atoms with E-state index in [0.717, 1.165) is 31.4 Å². The van der Waals surface area contributed by atoms with Crippen molar-refractivity contribution < 1.29 is 27.5 Å². The van der Waals surface area contributed by atoms with E-state index in [1.54, 1.807) is 23.2 Å². The number of halogens is 3. The molecule has 0 bridgehead atoms. The first-order valence-electron chi connectivity index (χ1n) is 10.7. The maximum atomic E-state index is 13.0. The van der Waals surface area contributed by atoms with Gasteiger partial charge in [-0.3, -0.25) is 9.59 Å². The second-order valence-corrected chi connectivity index (χ2v) is 8.07. The van der Waals surface area contributed by atoms with E-state index in [0.29, 0.717) is 31.6 Å². The molecular formula is C23H24F3N3O3. The predicted molar refractivity (Wildman–Crippen MR) is 110 cm³/mol. The van der Waals surface area contributed by atoms with Gasteiger partial charge in [0, 0.05) is 37.8 Å². The summed E-state index contributed by atoms with van der Waals surface area (Å²) in [5, 5.41) is 0. The van der Waals surface area contributed by atoms with E-state index < -0.39 is 23.8 Å². The third-order valence-electron chi connectivity index (χ3n) is 5.79. The summed E-state index contributed by atoms with van der Waals surface area (Å²) in [5.74, 6) is -0.378. The summed E-state index contributed by atoms with van der Waals surface area (Å²) in [4.78, 5) is 33.1. The smallest absolute Gasteiger partial charge is 0.416 e. The number of alkyl halides is 3. The molecule has 6 nitrogen and oxygen atoms in total. The Bertz CT molecular complexity index is 990. The van der Waals surface area contributed by atoms with Crippen LogP contribution in [0, 0.1) is 0 Å². The number of rotatable bonds is 4. The van der Waals surface area contributed by atoms with Crippen molar-refractivity contribution in [1.82, 2.24) is 14.8 Å². The molecule has 1 aromatic heterocycles. The van der Waals surface area contributed by atoms with Gasteiger partial charge in [-0.2, -0.15) is 13.2 Å². The Balaban J connectivity index is 1.43. The molecule has 4 rings (SSSR count). The number of nitrogens with zero attached hydrogens (tertiary/aromatic N) is 3. The molecule has 2 saturated heterocycles. The standard InChI is InChI=1S/C23H24F3N3O3/c24-23(25,26)17-7-4-6-16(14-17)21(30)29-13-9-18(15-29)32-20-19(8-5-10-27-20)22(31)28-11-2-1-3-12-28/h4-8,10,14,18H,1-3,9,11-13,15H2. The third kappa shape index (κ3) is 4.87. The van der Waals surface area contributed by atoms with Gasteiger partial charge in [-0.05, 0) is 49.6 Å². The maximum absolute atomic E-state index is 13.0. The number of hydrogen-bond donors (Lipinski definition) is 0. The topological polar surface area (TPSA) is 62.7 Å². The molecule has 0 aliphatic carbocycles. The number of carbonyl (C=O) groups excluding carboxylic acids is 2. The lowest BCUT2D eigenvalue weighted by atomic mass is 10.1. The molecule has 2 aliphatic rings. The molecule has 2 aromatic rings. The highest BCUT2D eigenvalue weighted by molar-refractivity contribution is 5.96. The molecule has 2 amide bonds. The second kappa shape index (κ2) is 9.18. The van der Waals surface area contributed by atoms with Crippen LogP contribution >= 0.6 is 0 Å². The molecule has 2 fully saturated rings. The van der Waals surface area contributed by atoms with Crippen molar-refractivity contribution in [2.75, 3.05) is 26.2 Å². The van der Waals surface area contributed by atoms with Crippen LogP contribution in [0.25, 0.3) is 0 Å². The minimum atomic E-state index is -4.51. The number of carbonyl (C=O) groups is 2. The molecule has 9 heteroatoms. The van der Waals surface area contributed by atoms with Crippen LogP contribution < -0.4 is 4.74 Å². The highest BCUT2D eigenvalue weighted by atomic mass is 19.4. The first kappa shape index (κ1) is 22.1. The summed E-state index contributed by atoms with van der Waals surface area (Å²) < 4.78 is 44.9. The van der Waals surface area contributed by atoms with Crippen molar-refractivity contribution in [3.8, 4) is 5.88 Å². The van der Waals surface area contributed by atoms with Crippen molar-refractivity contribution in [1.29, 1.82) is 0 Å². The second-order valence-electron chi connectivity index (χ2n) is 8.07. The molecular weight excluding hydrogens is 423 g/mol. The first-order valence-corrected chi connectivity index (χ1v) is 10.7. The van der Waals surface area contributed by atoms with Gasteiger partial charge in [0.15, 0.2) is 0 Å². The first-order chi connectivity index (χ1) is 15.3. The lowest BCUT2D eigenvalue weighted by Gasteiger charge is -2.27. The van der Waals surface area contributed by atoms with Gasteiger partial charge >= 0.3 is 6.18 Å². The molecule has 0 radical (unpaired) electrons. The lowest BCUT2D eigenvalue weighted by molar-refractivity contribution is -0.137. The molecule has 2 aliphatic heterocycles. The van der Waals surface area contributed by atoms with Crippen LogP contribution in [-0.2, 0) is 6.18 Å². The molecule has 0 spiro atoms. The fourth-order valence-electron chi connectivity index (χ4n) is 4.09. The van der Waals surface area contributed by atoms with E-state index in [2.05, 4.69) is 4.98 Å². The zero-order valence-corrected chi connectivity index (χ0v) is 17.5. The van der Waals surface area contributed by atoms with Gasteiger partial charge < -0.3 is 14.5 Å². The third-order valence-corrected chi connectivity index (χ3v) is 5.79. The van der Waals surface area contributed by atoms with E-state index in [4.69, 9.17) is 4.74 Å². The maximum Gasteiger partial charge on any atom is 0.416 e. The Morgan fingerprint density at radius 2 is 1.75 bits per heavy atom. The monoisotopic (exact) mass is 447 g/mol. The number of amides is 2. The normalized spacial score (nSPS) is 19.2. The Kier molecular flexibility index (Phi) is 6.34. The fourth-order valence-corrected chi connectivity index (χ4v) is 4.09. The van der Waals surface area contributed by atoms with E-state index in [1.807, 2.05) is 0 Å². The van der Waals surface area contributed by atoms with Gasteiger partial charge in [0.05, 0.1) is 12.1 Å². The van der Waals surface area contributed by atoms with Crippen LogP contribution in [0.5, 0.6) is 5.88 Å². The number of aromatic nitrogens is 1. The van der Waals surface area contributed by atoms with Crippen LogP contribution in [-0.4, -0.2) is 58.9 Å². The van der Waals surface area contributed by atoms with Crippen molar-refractivity contribution in [2.24, 2.45) is 0 Å².